The molecule has 0 fully saturated rings. The molecule has 5 heteroatoms. The normalized spacial score (nSPS) is 12.4. The van der Waals surface area contributed by atoms with Crippen LogP contribution >= 0.6 is 11.3 Å². The van der Waals surface area contributed by atoms with Gasteiger partial charge in [0.2, 0.25) is 0 Å². The molecule has 0 saturated carbocycles. The van der Waals surface area contributed by atoms with Crippen molar-refractivity contribution in [2.45, 2.75) is 20.3 Å². The molecule has 0 amide bonds. The molecular formula is C9H14N2O2S. The summed E-state index contributed by atoms with van der Waals surface area (Å²) in [5, 5.41) is 14.6. The molecule has 0 spiro atoms. The summed E-state index contributed by atoms with van der Waals surface area (Å²) in [6, 6.07) is 0. The minimum Gasteiger partial charge on any atom is -0.481 e. The van der Waals surface area contributed by atoms with Crippen LogP contribution in [0, 0.1) is 12.8 Å². The number of thiazole rings is 1. The van der Waals surface area contributed by atoms with Crippen molar-refractivity contribution in [2.75, 3.05) is 11.9 Å². The second-order valence-corrected chi connectivity index (χ2v) is 4.11. The van der Waals surface area contributed by atoms with Gasteiger partial charge in [0, 0.05) is 11.9 Å². The molecule has 1 unspecified atom stereocenters. The summed E-state index contributed by atoms with van der Waals surface area (Å²) >= 11 is 1.54. The number of rotatable bonds is 5. The predicted molar refractivity (Wildman–Crippen MR) is 56.8 cm³/mol. The van der Waals surface area contributed by atoms with Crippen LogP contribution in [0.15, 0.2) is 5.38 Å². The van der Waals surface area contributed by atoms with Gasteiger partial charge in [0.05, 0.1) is 11.6 Å². The molecule has 0 radical (unpaired) electrons. The minimum absolute atomic E-state index is 0.302. The smallest absolute Gasteiger partial charge is 0.306 e. The largest absolute Gasteiger partial charge is 0.481 e. The zero-order valence-electron chi connectivity index (χ0n) is 8.28. The SMILES string of the molecule is Cc1csc(NCCC(C)C(=O)O)n1. The third-order valence-electron chi connectivity index (χ3n) is 1.89. The van der Waals surface area contributed by atoms with E-state index in [-0.39, 0.29) is 5.92 Å². The topological polar surface area (TPSA) is 62.2 Å². The van der Waals surface area contributed by atoms with Crippen molar-refractivity contribution in [1.82, 2.24) is 4.98 Å². The highest BCUT2D eigenvalue weighted by Crippen LogP contribution is 2.14. The first-order valence-corrected chi connectivity index (χ1v) is 5.36. The van der Waals surface area contributed by atoms with Gasteiger partial charge in [0.25, 0.3) is 0 Å². The van der Waals surface area contributed by atoms with Crippen LogP contribution in [-0.4, -0.2) is 22.6 Å². The van der Waals surface area contributed by atoms with Crippen molar-refractivity contribution >= 4 is 22.4 Å². The summed E-state index contributed by atoms with van der Waals surface area (Å²) in [6.45, 7) is 4.29. The summed E-state index contributed by atoms with van der Waals surface area (Å²) in [5.41, 5.74) is 0.990. The van der Waals surface area contributed by atoms with E-state index in [0.29, 0.717) is 13.0 Å². The van der Waals surface area contributed by atoms with Gasteiger partial charge in [-0.1, -0.05) is 6.92 Å². The number of carboxylic acids is 1. The fourth-order valence-corrected chi connectivity index (χ4v) is 1.67. The molecule has 78 valence electrons. The molecule has 2 N–H and O–H groups in total. The van der Waals surface area contributed by atoms with E-state index < -0.39 is 5.97 Å². The van der Waals surface area contributed by atoms with E-state index in [2.05, 4.69) is 10.3 Å². The van der Waals surface area contributed by atoms with Gasteiger partial charge < -0.3 is 10.4 Å². The maximum Gasteiger partial charge on any atom is 0.306 e. The van der Waals surface area contributed by atoms with Crippen LogP contribution in [0.25, 0.3) is 0 Å². The molecule has 0 aliphatic heterocycles. The second-order valence-electron chi connectivity index (χ2n) is 3.25. The Morgan fingerprint density at radius 3 is 3.00 bits per heavy atom. The third-order valence-corrected chi connectivity index (χ3v) is 2.81. The Labute approximate surface area is 87.0 Å². The first-order chi connectivity index (χ1) is 6.59. The lowest BCUT2D eigenvalue weighted by Crippen LogP contribution is -2.14. The highest BCUT2D eigenvalue weighted by Gasteiger charge is 2.09. The number of hydrogen-bond acceptors (Lipinski definition) is 4. The standard InChI is InChI=1S/C9H14N2O2S/c1-6(8(12)13)3-4-10-9-11-7(2)5-14-9/h5-6H,3-4H2,1-2H3,(H,10,11)(H,12,13). The third kappa shape index (κ3) is 3.33. The Balaban J connectivity index is 2.25. The summed E-state index contributed by atoms with van der Waals surface area (Å²) in [4.78, 5) is 14.7. The van der Waals surface area contributed by atoms with Gasteiger partial charge >= 0.3 is 5.97 Å². The summed E-state index contributed by atoms with van der Waals surface area (Å²) in [7, 11) is 0. The Bertz CT molecular complexity index is 312. The molecule has 0 aromatic carbocycles. The van der Waals surface area contributed by atoms with Crippen molar-refractivity contribution in [1.29, 1.82) is 0 Å². The van der Waals surface area contributed by atoms with Gasteiger partial charge in [0.15, 0.2) is 5.13 Å². The molecule has 1 rings (SSSR count). The minimum atomic E-state index is -0.748. The molecule has 1 atom stereocenters. The fourth-order valence-electron chi connectivity index (χ4n) is 0.954. The average molecular weight is 214 g/mol. The van der Waals surface area contributed by atoms with Gasteiger partial charge in [-0.15, -0.1) is 11.3 Å². The number of aliphatic carboxylic acids is 1. The number of carboxylic acid groups (broad SMARTS) is 1. The van der Waals surface area contributed by atoms with Gasteiger partial charge in [-0.05, 0) is 13.3 Å². The molecule has 0 saturated heterocycles. The molecular weight excluding hydrogens is 200 g/mol. The molecule has 0 bridgehead atoms. The van der Waals surface area contributed by atoms with Gasteiger partial charge in [-0.2, -0.15) is 0 Å². The van der Waals surface area contributed by atoms with Crippen LogP contribution in [-0.2, 0) is 4.79 Å². The van der Waals surface area contributed by atoms with Crippen LogP contribution in [0.4, 0.5) is 5.13 Å². The Kier molecular flexibility index (Phi) is 3.88. The highest BCUT2D eigenvalue weighted by molar-refractivity contribution is 7.13. The van der Waals surface area contributed by atoms with Crippen molar-refractivity contribution in [3.05, 3.63) is 11.1 Å². The zero-order valence-corrected chi connectivity index (χ0v) is 9.10. The van der Waals surface area contributed by atoms with E-state index in [1.165, 1.54) is 11.3 Å². The summed E-state index contributed by atoms with van der Waals surface area (Å²) in [6.07, 6.45) is 0.619. The summed E-state index contributed by atoms with van der Waals surface area (Å²) < 4.78 is 0. The number of hydrogen-bond donors (Lipinski definition) is 2. The van der Waals surface area contributed by atoms with Gasteiger partial charge in [-0.25, -0.2) is 4.98 Å². The van der Waals surface area contributed by atoms with Crippen molar-refractivity contribution in [3.63, 3.8) is 0 Å². The molecule has 1 aromatic heterocycles. The lowest BCUT2D eigenvalue weighted by molar-refractivity contribution is -0.141. The Hall–Kier alpha value is -1.10. The van der Waals surface area contributed by atoms with E-state index in [1.807, 2.05) is 12.3 Å². The number of carbonyl (C=O) groups is 1. The number of nitrogens with zero attached hydrogens (tertiary/aromatic N) is 1. The first kappa shape index (κ1) is 11.0. The lowest BCUT2D eigenvalue weighted by atomic mass is 10.1. The highest BCUT2D eigenvalue weighted by atomic mass is 32.1. The van der Waals surface area contributed by atoms with E-state index in [9.17, 15) is 4.79 Å². The van der Waals surface area contributed by atoms with Crippen LogP contribution < -0.4 is 5.32 Å². The molecule has 1 aromatic rings. The molecule has 0 aliphatic carbocycles. The second kappa shape index (κ2) is 4.95. The van der Waals surface area contributed by atoms with Crippen LogP contribution in [0.2, 0.25) is 0 Å². The monoisotopic (exact) mass is 214 g/mol. The average Bonchev–Trinajstić information content (AvgIpc) is 2.51. The van der Waals surface area contributed by atoms with E-state index in [4.69, 9.17) is 5.11 Å². The molecule has 0 aliphatic rings. The van der Waals surface area contributed by atoms with Gasteiger partial charge in [-0.3, -0.25) is 4.79 Å². The maximum atomic E-state index is 10.5. The molecule has 1 heterocycles. The molecule has 14 heavy (non-hydrogen) atoms. The van der Waals surface area contributed by atoms with Crippen molar-refractivity contribution in [3.8, 4) is 0 Å². The summed E-state index contributed by atoms with van der Waals surface area (Å²) in [5.74, 6) is -1.05. The number of anilines is 1. The van der Waals surface area contributed by atoms with Crippen molar-refractivity contribution < 1.29 is 9.90 Å². The Morgan fingerprint density at radius 1 is 1.79 bits per heavy atom. The maximum absolute atomic E-state index is 10.5. The van der Waals surface area contributed by atoms with Crippen LogP contribution in [0.3, 0.4) is 0 Å². The quantitative estimate of drug-likeness (QED) is 0.786. The van der Waals surface area contributed by atoms with E-state index >= 15 is 0 Å². The molecule has 4 nitrogen and oxygen atoms in total. The Morgan fingerprint density at radius 2 is 2.50 bits per heavy atom. The zero-order chi connectivity index (χ0) is 10.6. The van der Waals surface area contributed by atoms with Crippen LogP contribution in [0.1, 0.15) is 19.0 Å². The first-order valence-electron chi connectivity index (χ1n) is 4.48. The van der Waals surface area contributed by atoms with Crippen molar-refractivity contribution in [2.24, 2.45) is 5.92 Å². The van der Waals surface area contributed by atoms with Crippen LogP contribution in [0.5, 0.6) is 0 Å². The number of aromatic nitrogens is 1. The number of aryl methyl sites for hydroxylation is 1. The fraction of sp³-hybridized carbons (Fsp3) is 0.556. The van der Waals surface area contributed by atoms with Gasteiger partial charge in [0.1, 0.15) is 0 Å². The van der Waals surface area contributed by atoms with E-state index in [1.54, 1.807) is 6.92 Å². The lowest BCUT2D eigenvalue weighted by Gasteiger charge is -2.05. The number of nitrogens with one attached hydrogen (secondary N) is 1. The predicted octanol–water partition coefficient (Wildman–Crippen LogP) is 1.97. The van der Waals surface area contributed by atoms with E-state index in [0.717, 1.165) is 10.8 Å².